The first-order valence-electron chi connectivity index (χ1n) is 8.27. The van der Waals surface area contributed by atoms with Crippen LogP contribution in [0.25, 0.3) is 0 Å². The second-order valence-electron chi connectivity index (χ2n) is 6.52. The molecule has 2 aliphatic heterocycles. The van der Waals surface area contributed by atoms with Crippen LogP contribution in [-0.2, 0) is 9.47 Å². The minimum Gasteiger partial charge on any atom is -0.350 e. The van der Waals surface area contributed by atoms with E-state index in [1.54, 1.807) is 0 Å². The number of hydrogen-bond acceptors (Lipinski definition) is 3. The van der Waals surface area contributed by atoms with Gasteiger partial charge in [-0.25, -0.2) is 0 Å². The van der Waals surface area contributed by atoms with Crippen molar-refractivity contribution in [2.24, 2.45) is 5.92 Å². The molecule has 1 aromatic rings. The number of nitrogens with zero attached hydrogens (tertiary/aromatic N) is 1. The molecule has 0 radical (unpaired) electrons. The molecular formula is C18H25NO3. The molecule has 0 bridgehead atoms. The second-order valence-corrected chi connectivity index (χ2v) is 6.52. The zero-order valence-corrected chi connectivity index (χ0v) is 13.5. The van der Waals surface area contributed by atoms with Crippen molar-refractivity contribution in [3.05, 3.63) is 35.4 Å². The van der Waals surface area contributed by atoms with Crippen LogP contribution in [0.1, 0.15) is 48.5 Å². The van der Waals surface area contributed by atoms with E-state index in [0.717, 1.165) is 31.5 Å². The summed E-state index contributed by atoms with van der Waals surface area (Å²) >= 11 is 0. The highest BCUT2D eigenvalue weighted by atomic mass is 16.7. The number of carbonyl (C=O) groups excluding carboxylic acids is 1. The van der Waals surface area contributed by atoms with E-state index in [1.165, 1.54) is 5.56 Å². The summed E-state index contributed by atoms with van der Waals surface area (Å²) in [6.45, 7) is 7.30. The highest BCUT2D eigenvalue weighted by Gasteiger charge is 2.31. The fourth-order valence-electron chi connectivity index (χ4n) is 3.22. The lowest BCUT2D eigenvalue weighted by atomic mass is 9.95. The van der Waals surface area contributed by atoms with Crippen molar-refractivity contribution < 1.29 is 14.3 Å². The van der Waals surface area contributed by atoms with Crippen molar-refractivity contribution >= 4 is 5.91 Å². The highest BCUT2D eigenvalue weighted by Crippen LogP contribution is 2.26. The summed E-state index contributed by atoms with van der Waals surface area (Å²) in [5, 5.41) is 0. The van der Waals surface area contributed by atoms with Gasteiger partial charge in [0.25, 0.3) is 5.91 Å². The van der Waals surface area contributed by atoms with Crippen LogP contribution < -0.4 is 0 Å². The van der Waals surface area contributed by atoms with Crippen molar-refractivity contribution in [3.63, 3.8) is 0 Å². The van der Waals surface area contributed by atoms with E-state index in [-0.39, 0.29) is 12.2 Å². The molecule has 2 heterocycles. The van der Waals surface area contributed by atoms with Crippen molar-refractivity contribution in [1.29, 1.82) is 0 Å². The van der Waals surface area contributed by atoms with Crippen molar-refractivity contribution in [2.75, 3.05) is 26.3 Å². The highest BCUT2D eigenvalue weighted by molar-refractivity contribution is 5.94. The van der Waals surface area contributed by atoms with Crippen LogP contribution in [0.4, 0.5) is 0 Å². The van der Waals surface area contributed by atoms with E-state index in [0.29, 0.717) is 25.0 Å². The number of likely N-dealkylation sites (tertiary alicyclic amines) is 1. The summed E-state index contributed by atoms with van der Waals surface area (Å²) in [6.07, 6.45) is 1.86. The van der Waals surface area contributed by atoms with Gasteiger partial charge in [0.05, 0.1) is 13.2 Å². The Hall–Kier alpha value is -1.39. The van der Waals surface area contributed by atoms with Crippen LogP contribution in [-0.4, -0.2) is 43.4 Å². The number of benzene rings is 1. The van der Waals surface area contributed by atoms with Crippen LogP contribution in [0.5, 0.6) is 0 Å². The average molecular weight is 303 g/mol. The molecule has 4 nitrogen and oxygen atoms in total. The van der Waals surface area contributed by atoms with Gasteiger partial charge in [0.1, 0.15) is 0 Å². The molecule has 0 aromatic heterocycles. The number of carbonyl (C=O) groups is 1. The van der Waals surface area contributed by atoms with Crippen molar-refractivity contribution in [2.45, 2.75) is 38.9 Å². The monoisotopic (exact) mass is 303 g/mol. The molecule has 0 saturated carbocycles. The third-order valence-corrected chi connectivity index (χ3v) is 4.68. The zero-order chi connectivity index (χ0) is 15.5. The number of rotatable bonds is 3. The normalized spacial score (nSPS) is 20.8. The second kappa shape index (κ2) is 6.80. The fraction of sp³-hybridized carbons (Fsp3) is 0.611. The summed E-state index contributed by atoms with van der Waals surface area (Å²) in [7, 11) is 0. The molecule has 0 unspecified atom stereocenters. The fourth-order valence-corrected chi connectivity index (χ4v) is 3.22. The Balaban J connectivity index is 1.57. The van der Waals surface area contributed by atoms with E-state index < -0.39 is 0 Å². The molecule has 0 spiro atoms. The maximum absolute atomic E-state index is 12.6. The summed E-state index contributed by atoms with van der Waals surface area (Å²) in [5.74, 6) is 1.06. The molecule has 0 atom stereocenters. The maximum atomic E-state index is 12.6. The van der Waals surface area contributed by atoms with E-state index in [1.807, 2.05) is 17.0 Å². The minimum absolute atomic E-state index is 0.0532. The van der Waals surface area contributed by atoms with E-state index in [9.17, 15) is 4.79 Å². The maximum Gasteiger partial charge on any atom is 0.253 e. The quantitative estimate of drug-likeness (QED) is 0.861. The molecule has 2 fully saturated rings. The minimum atomic E-state index is -0.0532. The lowest BCUT2D eigenvalue weighted by Crippen LogP contribution is -2.41. The molecule has 1 amide bonds. The summed E-state index contributed by atoms with van der Waals surface area (Å²) in [6, 6.07) is 8.02. The molecule has 2 saturated heterocycles. The Morgan fingerprint density at radius 1 is 1.09 bits per heavy atom. The molecule has 22 heavy (non-hydrogen) atoms. The molecule has 4 heteroatoms. The van der Waals surface area contributed by atoms with Gasteiger partial charge in [-0.05, 0) is 36.5 Å². The number of piperidine rings is 1. The van der Waals surface area contributed by atoms with Crippen LogP contribution in [0.2, 0.25) is 0 Å². The van der Waals surface area contributed by atoms with Crippen LogP contribution in [0.15, 0.2) is 24.3 Å². The van der Waals surface area contributed by atoms with E-state index in [4.69, 9.17) is 9.47 Å². The number of ether oxygens (including phenoxy) is 2. The Morgan fingerprint density at radius 3 is 2.23 bits per heavy atom. The smallest absolute Gasteiger partial charge is 0.253 e. The van der Waals surface area contributed by atoms with Crippen LogP contribution in [0.3, 0.4) is 0 Å². The van der Waals surface area contributed by atoms with Gasteiger partial charge in [-0.15, -0.1) is 0 Å². The molecular weight excluding hydrogens is 278 g/mol. The van der Waals surface area contributed by atoms with Gasteiger partial charge in [-0.1, -0.05) is 26.0 Å². The Kier molecular flexibility index (Phi) is 4.79. The third kappa shape index (κ3) is 3.33. The summed E-state index contributed by atoms with van der Waals surface area (Å²) < 4.78 is 11.2. The third-order valence-electron chi connectivity index (χ3n) is 4.68. The first-order chi connectivity index (χ1) is 10.6. The number of amides is 1. The molecule has 2 aliphatic rings. The van der Waals surface area contributed by atoms with Crippen LogP contribution >= 0.6 is 0 Å². The zero-order valence-electron chi connectivity index (χ0n) is 13.5. The first-order valence-corrected chi connectivity index (χ1v) is 8.27. The first kappa shape index (κ1) is 15.5. The summed E-state index contributed by atoms with van der Waals surface area (Å²) in [4.78, 5) is 14.5. The van der Waals surface area contributed by atoms with Crippen LogP contribution in [0, 0.1) is 5.92 Å². The average Bonchev–Trinajstić information content (AvgIpc) is 3.09. The van der Waals surface area contributed by atoms with Gasteiger partial charge in [-0.3, -0.25) is 4.79 Å². The predicted octanol–water partition coefficient (Wildman–Crippen LogP) is 3.04. The van der Waals surface area contributed by atoms with Gasteiger partial charge in [-0.2, -0.15) is 0 Å². The Labute approximate surface area is 132 Å². The topological polar surface area (TPSA) is 38.8 Å². The number of hydrogen-bond donors (Lipinski definition) is 0. The predicted molar refractivity (Wildman–Crippen MR) is 84.9 cm³/mol. The SMILES string of the molecule is CC(C)c1ccc(C(=O)N2CCC(C3OCCO3)CC2)cc1. The molecule has 120 valence electrons. The standard InChI is InChI=1S/C18H25NO3/c1-13(2)14-3-5-15(6-4-14)17(20)19-9-7-16(8-10-19)18-21-11-12-22-18/h3-6,13,16,18H,7-12H2,1-2H3. The molecule has 1 aromatic carbocycles. The van der Waals surface area contributed by atoms with Gasteiger partial charge in [0.2, 0.25) is 0 Å². The van der Waals surface area contributed by atoms with Gasteiger partial charge in [0, 0.05) is 24.6 Å². The largest absolute Gasteiger partial charge is 0.350 e. The molecule has 0 N–H and O–H groups in total. The van der Waals surface area contributed by atoms with Gasteiger partial charge in [0.15, 0.2) is 6.29 Å². The molecule has 3 rings (SSSR count). The van der Waals surface area contributed by atoms with Crippen molar-refractivity contribution in [3.8, 4) is 0 Å². The Bertz CT molecular complexity index is 498. The Morgan fingerprint density at radius 2 is 1.68 bits per heavy atom. The lowest BCUT2D eigenvalue weighted by Gasteiger charge is -2.34. The van der Waals surface area contributed by atoms with Crippen molar-refractivity contribution in [1.82, 2.24) is 4.90 Å². The van der Waals surface area contributed by atoms with E-state index >= 15 is 0 Å². The molecule has 0 aliphatic carbocycles. The van der Waals surface area contributed by atoms with E-state index in [2.05, 4.69) is 26.0 Å². The lowest BCUT2D eigenvalue weighted by molar-refractivity contribution is -0.0956. The van der Waals surface area contributed by atoms with Gasteiger partial charge < -0.3 is 14.4 Å². The van der Waals surface area contributed by atoms with Gasteiger partial charge >= 0.3 is 0 Å². The summed E-state index contributed by atoms with van der Waals surface area (Å²) in [5.41, 5.74) is 2.06.